The lowest BCUT2D eigenvalue weighted by molar-refractivity contribution is -0.140. The molecule has 7 heteroatoms. The number of ether oxygens (including phenoxy) is 1. The summed E-state index contributed by atoms with van der Waals surface area (Å²) in [5, 5.41) is 11.0. The van der Waals surface area contributed by atoms with Gasteiger partial charge in [0.2, 0.25) is 0 Å². The Balaban J connectivity index is 2.05. The predicted octanol–water partition coefficient (Wildman–Crippen LogP) is 3.05. The fraction of sp³-hybridized carbons (Fsp3) is 0.364. The number of carbonyl (C=O) groups excluding carboxylic acids is 2. The first-order valence-electron chi connectivity index (χ1n) is 9.70. The van der Waals surface area contributed by atoms with Crippen LogP contribution in [0.15, 0.2) is 52.7 Å². The van der Waals surface area contributed by atoms with Gasteiger partial charge in [-0.1, -0.05) is 26.0 Å². The van der Waals surface area contributed by atoms with Gasteiger partial charge in [-0.25, -0.2) is 0 Å². The second-order valence-electron chi connectivity index (χ2n) is 6.77. The second kappa shape index (κ2) is 8.96. The van der Waals surface area contributed by atoms with Crippen LogP contribution in [-0.2, 0) is 9.59 Å². The van der Waals surface area contributed by atoms with Gasteiger partial charge >= 0.3 is 0 Å². The van der Waals surface area contributed by atoms with Crippen LogP contribution in [0.5, 0.6) is 5.75 Å². The average Bonchev–Trinajstić information content (AvgIpc) is 3.36. The minimum atomic E-state index is -0.772. The molecule has 0 aliphatic carbocycles. The van der Waals surface area contributed by atoms with E-state index < -0.39 is 17.7 Å². The van der Waals surface area contributed by atoms with Gasteiger partial charge in [0.15, 0.2) is 0 Å². The van der Waals surface area contributed by atoms with Gasteiger partial charge in [-0.05, 0) is 37.4 Å². The number of Topliss-reactive ketones (excluding diaryl/α,β-unsaturated/α-hetero) is 1. The molecule has 1 aromatic heterocycles. The van der Waals surface area contributed by atoms with E-state index in [2.05, 4.69) is 4.90 Å². The summed E-state index contributed by atoms with van der Waals surface area (Å²) < 4.78 is 10.7. The largest absolute Gasteiger partial charge is 0.507 e. The first kappa shape index (κ1) is 20.7. The molecule has 0 saturated carbocycles. The monoisotopic (exact) mass is 398 g/mol. The van der Waals surface area contributed by atoms with Gasteiger partial charge in [0.25, 0.3) is 11.7 Å². The highest BCUT2D eigenvalue weighted by Crippen LogP contribution is 2.39. The minimum absolute atomic E-state index is 0.0257. The smallest absolute Gasteiger partial charge is 0.295 e. The Labute approximate surface area is 170 Å². The molecule has 1 saturated heterocycles. The van der Waals surface area contributed by atoms with Crippen molar-refractivity contribution in [3.8, 4) is 5.75 Å². The summed E-state index contributed by atoms with van der Waals surface area (Å²) in [5.41, 5.74) is 0.431. The Morgan fingerprint density at radius 2 is 1.97 bits per heavy atom. The van der Waals surface area contributed by atoms with Crippen molar-refractivity contribution in [2.45, 2.75) is 19.9 Å². The van der Waals surface area contributed by atoms with Gasteiger partial charge in [-0.3, -0.25) is 9.59 Å². The van der Waals surface area contributed by atoms with Crippen molar-refractivity contribution in [2.24, 2.45) is 0 Å². The zero-order valence-corrected chi connectivity index (χ0v) is 16.9. The molecule has 3 rings (SSSR count). The summed E-state index contributed by atoms with van der Waals surface area (Å²) in [5.74, 6) is -0.615. The normalized spacial score (nSPS) is 18.6. The zero-order chi connectivity index (χ0) is 21.0. The minimum Gasteiger partial charge on any atom is -0.507 e. The number of methoxy groups -OCH3 is 1. The number of hydrogen-bond acceptors (Lipinski definition) is 6. The van der Waals surface area contributed by atoms with E-state index in [0.717, 1.165) is 13.1 Å². The third-order valence-electron chi connectivity index (χ3n) is 5.25. The van der Waals surface area contributed by atoms with E-state index in [1.54, 1.807) is 36.4 Å². The SMILES string of the molecule is CCN(CC)CCN1C(=O)C(=O)/C(=C(/O)c2cccc(OC)c2)[C@@H]1c1ccco1. The van der Waals surface area contributed by atoms with Crippen LogP contribution in [-0.4, -0.2) is 59.9 Å². The van der Waals surface area contributed by atoms with Gasteiger partial charge in [0, 0.05) is 18.7 Å². The number of aliphatic hydroxyl groups excluding tert-OH is 1. The molecule has 154 valence electrons. The number of likely N-dealkylation sites (tertiary alicyclic amines) is 1. The molecular formula is C22H26N2O5. The number of amides is 1. The van der Waals surface area contributed by atoms with Crippen molar-refractivity contribution >= 4 is 17.4 Å². The molecule has 29 heavy (non-hydrogen) atoms. The Morgan fingerprint density at radius 1 is 1.21 bits per heavy atom. The van der Waals surface area contributed by atoms with Gasteiger partial charge < -0.3 is 24.1 Å². The number of rotatable bonds is 8. The highest BCUT2D eigenvalue weighted by Gasteiger charge is 2.47. The molecule has 1 aliphatic heterocycles. The fourth-order valence-corrected chi connectivity index (χ4v) is 3.57. The molecule has 0 bridgehead atoms. The molecular weight excluding hydrogens is 372 g/mol. The molecule has 1 aliphatic rings. The molecule has 2 aromatic rings. The Hall–Kier alpha value is -3.06. The van der Waals surface area contributed by atoms with Crippen molar-refractivity contribution in [2.75, 3.05) is 33.3 Å². The quantitative estimate of drug-likeness (QED) is 0.418. The maximum atomic E-state index is 12.9. The maximum Gasteiger partial charge on any atom is 0.295 e. The second-order valence-corrected chi connectivity index (χ2v) is 6.77. The van der Waals surface area contributed by atoms with Crippen molar-refractivity contribution in [1.29, 1.82) is 0 Å². The summed E-state index contributed by atoms with van der Waals surface area (Å²) in [7, 11) is 1.52. The van der Waals surface area contributed by atoms with Crippen LogP contribution in [0.4, 0.5) is 0 Å². The van der Waals surface area contributed by atoms with Crippen LogP contribution in [0.3, 0.4) is 0 Å². The Morgan fingerprint density at radius 3 is 2.59 bits per heavy atom. The molecule has 7 nitrogen and oxygen atoms in total. The van der Waals surface area contributed by atoms with Crippen molar-refractivity contribution in [3.63, 3.8) is 0 Å². The van der Waals surface area contributed by atoms with E-state index in [0.29, 0.717) is 30.2 Å². The number of benzene rings is 1. The van der Waals surface area contributed by atoms with Crippen LogP contribution in [0.25, 0.3) is 5.76 Å². The van der Waals surface area contributed by atoms with Crippen LogP contribution >= 0.6 is 0 Å². The van der Waals surface area contributed by atoms with E-state index in [9.17, 15) is 14.7 Å². The Bertz CT molecular complexity index is 900. The first-order chi connectivity index (χ1) is 14.0. The molecule has 1 N–H and O–H groups in total. The highest BCUT2D eigenvalue weighted by atomic mass is 16.5. The first-order valence-corrected chi connectivity index (χ1v) is 9.70. The van der Waals surface area contributed by atoms with Gasteiger partial charge in [-0.2, -0.15) is 0 Å². The third kappa shape index (κ3) is 4.05. The van der Waals surface area contributed by atoms with Crippen molar-refractivity contribution in [1.82, 2.24) is 9.80 Å². The molecule has 1 amide bonds. The van der Waals surface area contributed by atoms with E-state index in [1.165, 1.54) is 18.3 Å². The molecule has 2 heterocycles. The predicted molar refractivity (Wildman–Crippen MR) is 108 cm³/mol. The number of carbonyl (C=O) groups is 2. The summed E-state index contributed by atoms with van der Waals surface area (Å²) in [6.45, 7) is 6.75. The number of nitrogens with zero attached hydrogens (tertiary/aromatic N) is 2. The summed E-state index contributed by atoms with van der Waals surface area (Å²) in [4.78, 5) is 29.3. The molecule has 1 aromatic carbocycles. The van der Waals surface area contributed by atoms with Crippen molar-refractivity contribution < 1.29 is 23.8 Å². The molecule has 1 fully saturated rings. The summed E-state index contributed by atoms with van der Waals surface area (Å²) in [6.07, 6.45) is 1.49. The van der Waals surface area contributed by atoms with E-state index in [1.807, 2.05) is 13.8 Å². The van der Waals surface area contributed by atoms with Gasteiger partial charge in [0.05, 0.1) is 18.9 Å². The number of hydrogen-bond donors (Lipinski definition) is 1. The molecule has 1 atom stereocenters. The van der Waals surface area contributed by atoms with E-state index >= 15 is 0 Å². The van der Waals surface area contributed by atoms with Crippen LogP contribution in [0.2, 0.25) is 0 Å². The number of likely N-dealkylation sites (N-methyl/N-ethyl adjacent to an activating group) is 1. The third-order valence-corrected chi connectivity index (χ3v) is 5.25. The fourth-order valence-electron chi connectivity index (χ4n) is 3.57. The zero-order valence-electron chi connectivity index (χ0n) is 16.9. The van der Waals surface area contributed by atoms with Crippen LogP contribution in [0, 0.1) is 0 Å². The average molecular weight is 398 g/mol. The Kier molecular flexibility index (Phi) is 6.39. The van der Waals surface area contributed by atoms with Gasteiger partial charge in [-0.15, -0.1) is 0 Å². The highest BCUT2D eigenvalue weighted by molar-refractivity contribution is 6.46. The lowest BCUT2D eigenvalue weighted by Crippen LogP contribution is -2.37. The number of aliphatic hydroxyl groups is 1. The standard InChI is InChI=1S/C22H26N2O5/c1-4-23(5-2)11-12-24-19(17-10-7-13-29-17)18(21(26)22(24)27)20(25)15-8-6-9-16(14-15)28-3/h6-10,13-14,19,25H,4-5,11-12H2,1-3H3/b20-18+/t19-/m0/s1. The molecule has 0 unspecified atom stereocenters. The van der Waals surface area contributed by atoms with Crippen LogP contribution < -0.4 is 4.74 Å². The lowest BCUT2D eigenvalue weighted by Gasteiger charge is -2.26. The molecule has 0 radical (unpaired) electrons. The van der Waals surface area contributed by atoms with Crippen molar-refractivity contribution in [3.05, 3.63) is 59.6 Å². The summed E-state index contributed by atoms with van der Waals surface area (Å²) in [6, 6.07) is 9.38. The number of ketones is 1. The lowest BCUT2D eigenvalue weighted by atomic mass is 9.99. The van der Waals surface area contributed by atoms with Gasteiger partial charge in [0.1, 0.15) is 23.3 Å². The van der Waals surface area contributed by atoms with E-state index in [-0.39, 0.29) is 11.3 Å². The van der Waals surface area contributed by atoms with Crippen LogP contribution in [0.1, 0.15) is 31.2 Å². The topological polar surface area (TPSA) is 83.2 Å². The summed E-state index contributed by atoms with van der Waals surface area (Å²) >= 11 is 0. The number of furan rings is 1. The van der Waals surface area contributed by atoms with E-state index in [4.69, 9.17) is 9.15 Å². The molecule has 0 spiro atoms. The maximum absolute atomic E-state index is 12.9.